The van der Waals surface area contributed by atoms with Crippen molar-refractivity contribution in [3.63, 3.8) is 0 Å². The first kappa shape index (κ1) is 11.4. The van der Waals surface area contributed by atoms with E-state index in [2.05, 4.69) is 5.32 Å². The Morgan fingerprint density at radius 3 is 2.81 bits per heavy atom. The Labute approximate surface area is 96.1 Å². The van der Waals surface area contributed by atoms with Gasteiger partial charge in [-0.2, -0.15) is 0 Å². The minimum Gasteiger partial charge on any atom is -0.508 e. The maximum Gasteiger partial charge on any atom is 0.118 e. The lowest BCUT2D eigenvalue weighted by Crippen LogP contribution is -2.39. The molecule has 3 N–H and O–H groups in total. The summed E-state index contributed by atoms with van der Waals surface area (Å²) in [5, 5.41) is 22.3. The van der Waals surface area contributed by atoms with Crippen molar-refractivity contribution in [3.05, 3.63) is 29.8 Å². The lowest BCUT2D eigenvalue weighted by atomic mass is 9.91. The van der Waals surface area contributed by atoms with E-state index in [-0.39, 0.29) is 12.1 Å². The molecule has 0 radical (unpaired) electrons. The van der Waals surface area contributed by atoms with E-state index in [0.717, 1.165) is 24.9 Å². The van der Waals surface area contributed by atoms with Crippen LogP contribution in [-0.2, 0) is 6.42 Å². The third-order valence-electron chi connectivity index (χ3n) is 3.41. The molecule has 1 aromatic carbocycles. The zero-order valence-electron chi connectivity index (χ0n) is 9.61. The van der Waals surface area contributed by atoms with Crippen LogP contribution in [0.3, 0.4) is 0 Å². The average Bonchev–Trinajstić information content (AvgIpc) is 2.65. The number of para-hydroxylation sites is 1. The fraction of sp³-hybridized carbons (Fsp3) is 0.538. The fourth-order valence-electron chi connectivity index (χ4n) is 2.43. The van der Waals surface area contributed by atoms with Gasteiger partial charge in [0.1, 0.15) is 5.75 Å². The first-order valence-corrected chi connectivity index (χ1v) is 5.76. The van der Waals surface area contributed by atoms with Crippen molar-refractivity contribution < 1.29 is 10.2 Å². The molecule has 0 spiro atoms. The minimum absolute atomic E-state index is 0.144. The molecule has 0 saturated carbocycles. The molecule has 2 rings (SSSR count). The molecule has 1 aliphatic rings. The van der Waals surface area contributed by atoms with Crippen LogP contribution in [0, 0.1) is 5.92 Å². The van der Waals surface area contributed by atoms with Crippen molar-refractivity contribution in [1.82, 2.24) is 5.32 Å². The Bertz CT molecular complexity index is 367. The highest BCUT2D eigenvalue weighted by molar-refractivity contribution is 5.32. The molecule has 1 aromatic rings. The van der Waals surface area contributed by atoms with Gasteiger partial charge in [0.25, 0.3) is 0 Å². The van der Waals surface area contributed by atoms with Crippen LogP contribution in [0.15, 0.2) is 24.3 Å². The molecule has 1 heterocycles. The lowest BCUT2D eigenvalue weighted by molar-refractivity contribution is 0.189. The lowest BCUT2D eigenvalue weighted by Gasteiger charge is -2.21. The highest BCUT2D eigenvalue weighted by Crippen LogP contribution is 2.28. The van der Waals surface area contributed by atoms with Gasteiger partial charge in [-0.15, -0.1) is 0 Å². The van der Waals surface area contributed by atoms with Crippen LogP contribution in [0.25, 0.3) is 0 Å². The highest BCUT2D eigenvalue weighted by atomic mass is 16.3. The highest BCUT2D eigenvalue weighted by Gasteiger charge is 2.33. The van der Waals surface area contributed by atoms with E-state index < -0.39 is 0 Å². The third-order valence-corrected chi connectivity index (χ3v) is 3.41. The molecule has 0 amide bonds. The number of benzene rings is 1. The predicted octanol–water partition coefficient (Wildman–Crippen LogP) is 1.30. The molecule has 0 bridgehead atoms. The van der Waals surface area contributed by atoms with E-state index >= 15 is 0 Å². The number of hydrogen-bond donors (Lipinski definition) is 3. The number of rotatable bonds is 3. The number of hydrogen-bond acceptors (Lipinski definition) is 3. The van der Waals surface area contributed by atoms with Gasteiger partial charge in [0.15, 0.2) is 0 Å². The summed E-state index contributed by atoms with van der Waals surface area (Å²) >= 11 is 0. The van der Waals surface area contributed by atoms with Gasteiger partial charge < -0.3 is 15.5 Å². The molecule has 3 nitrogen and oxygen atoms in total. The van der Waals surface area contributed by atoms with Gasteiger partial charge in [-0.05, 0) is 43.9 Å². The average molecular weight is 221 g/mol. The minimum atomic E-state index is -0.144. The summed E-state index contributed by atoms with van der Waals surface area (Å²) < 4.78 is 0. The predicted molar refractivity (Wildman–Crippen MR) is 63.4 cm³/mol. The van der Waals surface area contributed by atoms with E-state index in [1.165, 1.54) is 0 Å². The molecule has 2 unspecified atom stereocenters. The van der Waals surface area contributed by atoms with Crippen LogP contribution >= 0.6 is 0 Å². The van der Waals surface area contributed by atoms with E-state index in [0.29, 0.717) is 11.7 Å². The van der Waals surface area contributed by atoms with Gasteiger partial charge >= 0.3 is 0 Å². The maximum absolute atomic E-state index is 9.69. The number of aromatic hydroxyl groups is 1. The van der Waals surface area contributed by atoms with Gasteiger partial charge in [-0.25, -0.2) is 0 Å². The first-order chi connectivity index (χ1) is 7.63. The standard InChI is InChI=1S/C13H19NO2/c1-13(9-15)7-10(8-14-13)6-11-4-2-3-5-12(11)16/h2-5,10,14-16H,6-9H2,1H3. The van der Waals surface area contributed by atoms with Crippen molar-refractivity contribution in [1.29, 1.82) is 0 Å². The van der Waals surface area contributed by atoms with Crippen LogP contribution < -0.4 is 5.32 Å². The van der Waals surface area contributed by atoms with E-state index in [4.69, 9.17) is 0 Å². The number of aliphatic hydroxyl groups excluding tert-OH is 1. The third kappa shape index (κ3) is 2.36. The molecule has 16 heavy (non-hydrogen) atoms. The molecule has 0 aromatic heterocycles. The second-order valence-corrected chi connectivity index (χ2v) is 5.00. The Hall–Kier alpha value is -1.06. The van der Waals surface area contributed by atoms with Crippen LogP contribution in [0.2, 0.25) is 0 Å². The van der Waals surface area contributed by atoms with Crippen LogP contribution in [0.1, 0.15) is 18.9 Å². The quantitative estimate of drug-likeness (QED) is 0.721. The normalized spacial score (nSPS) is 29.5. The first-order valence-electron chi connectivity index (χ1n) is 5.76. The Morgan fingerprint density at radius 2 is 2.19 bits per heavy atom. The second-order valence-electron chi connectivity index (χ2n) is 5.00. The van der Waals surface area contributed by atoms with Gasteiger partial charge in [0, 0.05) is 5.54 Å². The van der Waals surface area contributed by atoms with E-state index in [1.54, 1.807) is 6.07 Å². The maximum atomic E-state index is 9.69. The smallest absolute Gasteiger partial charge is 0.118 e. The summed E-state index contributed by atoms with van der Waals surface area (Å²) in [4.78, 5) is 0. The number of phenols is 1. The largest absolute Gasteiger partial charge is 0.508 e. The van der Waals surface area contributed by atoms with Crippen molar-refractivity contribution in [2.75, 3.05) is 13.2 Å². The van der Waals surface area contributed by atoms with E-state index in [1.807, 2.05) is 25.1 Å². The zero-order chi connectivity index (χ0) is 11.6. The zero-order valence-corrected chi connectivity index (χ0v) is 9.61. The number of aliphatic hydroxyl groups is 1. The molecule has 1 saturated heterocycles. The summed E-state index contributed by atoms with van der Waals surface area (Å²) in [7, 11) is 0. The van der Waals surface area contributed by atoms with Crippen molar-refractivity contribution >= 4 is 0 Å². The van der Waals surface area contributed by atoms with Crippen molar-refractivity contribution in [2.45, 2.75) is 25.3 Å². The van der Waals surface area contributed by atoms with Gasteiger partial charge in [0.05, 0.1) is 6.61 Å². The topological polar surface area (TPSA) is 52.5 Å². The second kappa shape index (κ2) is 4.44. The monoisotopic (exact) mass is 221 g/mol. The Morgan fingerprint density at radius 1 is 1.44 bits per heavy atom. The SMILES string of the molecule is CC1(CO)CC(Cc2ccccc2O)CN1. The Kier molecular flexibility index (Phi) is 3.17. The molecule has 0 aliphatic carbocycles. The molecular weight excluding hydrogens is 202 g/mol. The number of nitrogens with one attached hydrogen (secondary N) is 1. The molecule has 3 heteroatoms. The van der Waals surface area contributed by atoms with Crippen LogP contribution in [-0.4, -0.2) is 28.9 Å². The molecule has 88 valence electrons. The number of phenolic OH excluding ortho intramolecular Hbond substituents is 1. The van der Waals surface area contributed by atoms with Crippen LogP contribution in [0.4, 0.5) is 0 Å². The van der Waals surface area contributed by atoms with Gasteiger partial charge in [-0.3, -0.25) is 0 Å². The summed E-state index contributed by atoms with van der Waals surface area (Å²) in [6, 6.07) is 7.47. The molecular formula is C13H19NO2. The van der Waals surface area contributed by atoms with Gasteiger partial charge in [0.2, 0.25) is 0 Å². The van der Waals surface area contributed by atoms with E-state index in [9.17, 15) is 10.2 Å². The molecule has 2 atom stereocenters. The summed E-state index contributed by atoms with van der Waals surface area (Å²) in [5.41, 5.74) is 0.853. The molecule has 1 fully saturated rings. The van der Waals surface area contributed by atoms with Crippen LogP contribution in [0.5, 0.6) is 5.75 Å². The summed E-state index contributed by atoms with van der Waals surface area (Å²) in [6.45, 7) is 3.12. The fourth-order valence-corrected chi connectivity index (χ4v) is 2.43. The summed E-state index contributed by atoms with van der Waals surface area (Å²) in [6.07, 6.45) is 1.83. The van der Waals surface area contributed by atoms with Crippen molar-refractivity contribution in [3.8, 4) is 5.75 Å². The Balaban J connectivity index is 2.00. The molecule has 1 aliphatic heterocycles. The van der Waals surface area contributed by atoms with Gasteiger partial charge in [-0.1, -0.05) is 18.2 Å². The van der Waals surface area contributed by atoms with Crippen molar-refractivity contribution in [2.24, 2.45) is 5.92 Å². The summed E-state index contributed by atoms with van der Waals surface area (Å²) in [5.74, 6) is 0.866.